The summed E-state index contributed by atoms with van der Waals surface area (Å²) in [5.41, 5.74) is 4.09. The maximum absolute atomic E-state index is 14.6. The van der Waals surface area contributed by atoms with E-state index in [1.807, 2.05) is 12.1 Å². The molecule has 1 N–H and O–H groups in total. The van der Waals surface area contributed by atoms with Crippen molar-refractivity contribution in [3.8, 4) is 33.5 Å². The van der Waals surface area contributed by atoms with Crippen molar-refractivity contribution in [2.45, 2.75) is 0 Å². The molecular weight excluding hydrogens is 443 g/mol. The molecule has 0 amide bonds. The number of hydrogen-bond acceptors (Lipinski definition) is 5. The largest absolute Gasteiger partial charge is 0.477 e. The second-order valence-electron chi connectivity index (χ2n) is 7.25. The van der Waals surface area contributed by atoms with E-state index >= 15 is 0 Å². The summed E-state index contributed by atoms with van der Waals surface area (Å²) in [4.78, 5) is 28.3. The Kier molecular flexibility index (Phi) is 5.24. The number of carboxylic acid groups (broad SMARTS) is 1. The molecule has 0 saturated heterocycles. The van der Waals surface area contributed by atoms with Crippen molar-refractivity contribution in [1.82, 2.24) is 19.9 Å². The smallest absolute Gasteiger partial charge is 0.354 e. The number of benzene rings is 1. The maximum atomic E-state index is 14.6. The molecule has 5 rings (SSSR count). The summed E-state index contributed by atoms with van der Waals surface area (Å²) < 4.78 is 14.6. The molecule has 0 atom stereocenters. The van der Waals surface area contributed by atoms with Crippen molar-refractivity contribution < 1.29 is 14.3 Å². The highest BCUT2D eigenvalue weighted by atomic mass is 35.5. The Labute approximate surface area is 192 Å². The first kappa shape index (κ1) is 20.7. The molecule has 0 bridgehead atoms. The molecule has 160 valence electrons. The van der Waals surface area contributed by atoms with E-state index in [0.717, 1.165) is 22.1 Å². The van der Waals surface area contributed by atoms with Gasteiger partial charge < -0.3 is 5.11 Å². The average Bonchev–Trinajstić information content (AvgIpc) is 2.85. The van der Waals surface area contributed by atoms with Crippen LogP contribution in [0, 0.1) is 5.82 Å². The van der Waals surface area contributed by atoms with Crippen LogP contribution in [0.2, 0.25) is 5.02 Å². The lowest BCUT2D eigenvalue weighted by atomic mass is 9.98. The second-order valence-corrected chi connectivity index (χ2v) is 7.69. The van der Waals surface area contributed by atoms with E-state index in [2.05, 4.69) is 19.9 Å². The van der Waals surface area contributed by atoms with Crippen molar-refractivity contribution >= 4 is 28.6 Å². The van der Waals surface area contributed by atoms with Gasteiger partial charge >= 0.3 is 5.97 Å². The van der Waals surface area contributed by atoms with Crippen LogP contribution in [0.5, 0.6) is 0 Å². The second kappa shape index (κ2) is 8.37. The van der Waals surface area contributed by atoms with Crippen LogP contribution in [0.25, 0.3) is 44.5 Å². The van der Waals surface area contributed by atoms with Crippen molar-refractivity contribution in [3.63, 3.8) is 0 Å². The first-order valence-electron chi connectivity index (χ1n) is 9.86. The molecule has 4 heterocycles. The highest BCUT2D eigenvalue weighted by molar-refractivity contribution is 6.30. The van der Waals surface area contributed by atoms with E-state index in [9.17, 15) is 9.18 Å². The quantitative estimate of drug-likeness (QED) is 0.361. The highest BCUT2D eigenvalue weighted by Gasteiger charge is 2.15. The molecule has 4 aromatic heterocycles. The number of aromatic nitrogens is 4. The van der Waals surface area contributed by atoms with E-state index in [-0.39, 0.29) is 11.3 Å². The zero-order chi connectivity index (χ0) is 22.9. The predicted molar refractivity (Wildman–Crippen MR) is 123 cm³/mol. The summed E-state index contributed by atoms with van der Waals surface area (Å²) in [5.74, 6) is -1.53. The molecule has 5 aromatic rings. The molecule has 0 aliphatic carbocycles. The number of halogens is 2. The molecule has 0 aliphatic rings. The van der Waals surface area contributed by atoms with E-state index in [4.69, 9.17) is 16.7 Å². The van der Waals surface area contributed by atoms with E-state index in [1.165, 1.54) is 30.5 Å². The van der Waals surface area contributed by atoms with Crippen LogP contribution in [0.4, 0.5) is 4.39 Å². The third kappa shape index (κ3) is 4.02. The number of fused-ring (bicyclic) bond motifs is 1. The van der Waals surface area contributed by atoms with Gasteiger partial charge in [0.1, 0.15) is 11.5 Å². The van der Waals surface area contributed by atoms with Gasteiger partial charge in [-0.1, -0.05) is 17.7 Å². The molecule has 0 unspecified atom stereocenters. The number of pyridine rings is 4. The minimum atomic E-state index is -1.09. The highest BCUT2D eigenvalue weighted by Crippen LogP contribution is 2.34. The van der Waals surface area contributed by atoms with Gasteiger partial charge in [0.25, 0.3) is 0 Å². The van der Waals surface area contributed by atoms with Crippen LogP contribution in [0.1, 0.15) is 10.5 Å². The Morgan fingerprint density at radius 3 is 2.52 bits per heavy atom. The van der Waals surface area contributed by atoms with Gasteiger partial charge in [0, 0.05) is 57.5 Å². The number of hydrogen-bond donors (Lipinski definition) is 1. The first-order valence-corrected chi connectivity index (χ1v) is 10.2. The molecule has 1 aromatic carbocycles. The Morgan fingerprint density at radius 1 is 0.879 bits per heavy atom. The summed E-state index contributed by atoms with van der Waals surface area (Å²) in [6.45, 7) is 0. The third-order valence-corrected chi connectivity index (χ3v) is 5.39. The van der Waals surface area contributed by atoms with Gasteiger partial charge in [0.15, 0.2) is 5.65 Å². The zero-order valence-electron chi connectivity index (χ0n) is 16.9. The summed E-state index contributed by atoms with van der Waals surface area (Å²) in [5, 5.41) is 10.3. The SMILES string of the molecule is O=C(O)c1ccc(-c2cncc(-c3cc(-c4cc(Cl)ccc4F)nc4ncccc34)c2)cn1. The molecule has 6 nitrogen and oxygen atoms in total. The first-order chi connectivity index (χ1) is 16.0. The number of carboxylic acids is 1. The Balaban J connectivity index is 1.68. The van der Waals surface area contributed by atoms with Gasteiger partial charge in [0.2, 0.25) is 0 Å². The molecule has 0 saturated carbocycles. The minimum Gasteiger partial charge on any atom is -0.477 e. The lowest BCUT2D eigenvalue weighted by molar-refractivity contribution is 0.0690. The van der Waals surface area contributed by atoms with Crippen molar-refractivity contribution in [1.29, 1.82) is 0 Å². The van der Waals surface area contributed by atoms with Crippen LogP contribution in [0.15, 0.2) is 79.4 Å². The fourth-order valence-corrected chi connectivity index (χ4v) is 3.74. The lowest BCUT2D eigenvalue weighted by Gasteiger charge is -2.11. The monoisotopic (exact) mass is 456 g/mol. The Hall–Kier alpha value is -4.23. The maximum Gasteiger partial charge on any atom is 0.354 e. The minimum absolute atomic E-state index is 0.0396. The van der Waals surface area contributed by atoms with Crippen molar-refractivity contribution in [3.05, 3.63) is 95.9 Å². The predicted octanol–water partition coefficient (Wildman–Crippen LogP) is 5.91. The van der Waals surface area contributed by atoms with Crippen LogP contribution in [-0.2, 0) is 0 Å². The summed E-state index contributed by atoms with van der Waals surface area (Å²) in [6.07, 6.45) is 6.48. The van der Waals surface area contributed by atoms with E-state index in [0.29, 0.717) is 21.9 Å². The molecular formula is C25H14ClFN4O2. The van der Waals surface area contributed by atoms with Crippen LogP contribution in [-0.4, -0.2) is 31.0 Å². The number of aromatic carboxylic acids is 1. The molecule has 0 radical (unpaired) electrons. The summed E-state index contributed by atoms with van der Waals surface area (Å²) >= 11 is 6.10. The number of nitrogens with zero attached hydrogens (tertiary/aromatic N) is 4. The molecule has 0 spiro atoms. The average molecular weight is 457 g/mol. The van der Waals surface area contributed by atoms with Gasteiger partial charge in [0.05, 0.1) is 5.69 Å². The summed E-state index contributed by atoms with van der Waals surface area (Å²) in [6, 6.07) is 14.8. The normalized spacial score (nSPS) is 11.0. The summed E-state index contributed by atoms with van der Waals surface area (Å²) in [7, 11) is 0. The van der Waals surface area contributed by atoms with Crippen molar-refractivity contribution in [2.75, 3.05) is 0 Å². The fraction of sp³-hybridized carbons (Fsp3) is 0. The van der Waals surface area contributed by atoms with Crippen LogP contribution < -0.4 is 0 Å². The molecule has 8 heteroatoms. The molecule has 0 aliphatic heterocycles. The zero-order valence-corrected chi connectivity index (χ0v) is 17.7. The molecule has 33 heavy (non-hydrogen) atoms. The molecule has 0 fully saturated rings. The Morgan fingerprint density at radius 2 is 1.73 bits per heavy atom. The van der Waals surface area contributed by atoms with Gasteiger partial charge in [-0.2, -0.15) is 0 Å². The van der Waals surface area contributed by atoms with Crippen molar-refractivity contribution in [2.24, 2.45) is 0 Å². The number of rotatable bonds is 4. The van der Waals surface area contributed by atoms with Crippen LogP contribution >= 0.6 is 11.6 Å². The Bertz CT molecular complexity index is 1520. The van der Waals surface area contributed by atoms with Gasteiger partial charge in [-0.3, -0.25) is 4.98 Å². The fourth-order valence-electron chi connectivity index (χ4n) is 3.56. The topological polar surface area (TPSA) is 88.9 Å². The van der Waals surface area contributed by atoms with E-state index < -0.39 is 11.8 Å². The van der Waals surface area contributed by atoms with Gasteiger partial charge in [-0.15, -0.1) is 0 Å². The number of carbonyl (C=O) groups is 1. The van der Waals surface area contributed by atoms with Gasteiger partial charge in [-0.25, -0.2) is 24.1 Å². The van der Waals surface area contributed by atoms with E-state index in [1.54, 1.807) is 36.8 Å². The standard InChI is InChI=1S/C25H14ClFN4O2/c26-17-4-5-21(27)20(9-17)23-10-19(18-2-1-7-29-24(18)31-23)16-8-15(11-28-12-16)14-3-6-22(25(32)33)30-13-14/h1-13H,(H,32,33). The van der Waals surface area contributed by atoms with Crippen LogP contribution in [0.3, 0.4) is 0 Å². The van der Waals surface area contributed by atoms with Gasteiger partial charge in [-0.05, 0) is 54.1 Å². The third-order valence-electron chi connectivity index (χ3n) is 5.15. The lowest BCUT2D eigenvalue weighted by Crippen LogP contribution is -1.99.